The summed E-state index contributed by atoms with van der Waals surface area (Å²) in [5.74, 6) is 0. The Morgan fingerprint density at radius 3 is 2.58 bits per heavy atom. The predicted octanol–water partition coefficient (Wildman–Crippen LogP) is 0.662. The van der Waals surface area contributed by atoms with Gasteiger partial charge < -0.3 is 14.6 Å². The molecular formula is C8H15NO3. The van der Waals surface area contributed by atoms with Crippen LogP contribution in [-0.4, -0.2) is 31.2 Å². The summed E-state index contributed by atoms with van der Waals surface area (Å²) in [4.78, 5) is 0. The van der Waals surface area contributed by atoms with Gasteiger partial charge in [0.1, 0.15) is 0 Å². The maximum atomic E-state index is 8.72. The van der Waals surface area contributed by atoms with Gasteiger partial charge >= 0.3 is 0 Å². The molecule has 0 fully saturated rings. The number of nitriles is 1. The van der Waals surface area contributed by atoms with Crippen molar-refractivity contribution in [3.63, 3.8) is 0 Å². The summed E-state index contributed by atoms with van der Waals surface area (Å²) in [7, 11) is 0. The first-order chi connectivity index (χ1) is 5.85. The Kier molecular flexibility index (Phi) is 8.02. The molecule has 0 rings (SSSR count). The van der Waals surface area contributed by atoms with Crippen molar-refractivity contribution in [2.45, 2.75) is 26.1 Å². The minimum Gasteiger partial charge on any atom is -0.391 e. The van der Waals surface area contributed by atoms with E-state index in [2.05, 4.69) is 0 Å². The van der Waals surface area contributed by atoms with Gasteiger partial charge in [0.05, 0.1) is 25.7 Å². The van der Waals surface area contributed by atoms with Gasteiger partial charge in [-0.1, -0.05) is 6.92 Å². The van der Waals surface area contributed by atoms with Crippen LogP contribution >= 0.6 is 0 Å². The first-order valence-corrected chi connectivity index (χ1v) is 4.06. The monoisotopic (exact) mass is 173 g/mol. The van der Waals surface area contributed by atoms with E-state index in [1.54, 1.807) is 0 Å². The van der Waals surface area contributed by atoms with Crippen LogP contribution < -0.4 is 0 Å². The molecule has 0 aliphatic rings. The predicted molar refractivity (Wildman–Crippen MR) is 43.3 cm³/mol. The van der Waals surface area contributed by atoms with Gasteiger partial charge in [-0.15, -0.1) is 0 Å². The molecule has 0 amide bonds. The van der Waals surface area contributed by atoms with E-state index >= 15 is 0 Å². The largest absolute Gasteiger partial charge is 0.391 e. The van der Waals surface area contributed by atoms with Crippen molar-refractivity contribution in [1.29, 1.82) is 5.26 Å². The summed E-state index contributed by atoms with van der Waals surface area (Å²) in [6.07, 6.45) is 0.641. The third-order valence-corrected chi connectivity index (χ3v) is 1.17. The van der Waals surface area contributed by atoms with E-state index in [9.17, 15) is 0 Å². The average molecular weight is 173 g/mol. The highest BCUT2D eigenvalue weighted by atomic mass is 16.7. The van der Waals surface area contributed by atoms with Gasteiger partial charge in [-0.25, -0.2) is 0 Å². The maximum absolute atomic E-state index is 8.72. The zero-order valence-corrected chi connectivity index (χ0v) is 7.32. The first kappa shape index (κ1) is 11.4. The van der Waals surface area contributed by atoms with E-state index in [0.717, 1.165) is 6.42 Å². The Labute approximate surface area is 72.7 Å². The molecule has 0 spiro atoms. The lowest BCUT2D eigenvalue weighted by Crippen LogP contribution is -2.22. The molecule has 0 saturated carbocycles. The highest BCUT2D eigenvalue weighted by Crippen LogP contribution is 1.96. The van der Waals surface area contributed by atoms with Crippen LogP contribution in [0.5, 0.6) is 0 Å². The number of nitrogens with zero attached hydrogens (tertiary/aromatic N) is 1. The Bertz CT molecular complexity index is 133. The molecule has 0 heterocycles. The zero-order chi connectivity index (χ0) is 9.23. The molecule has 1 atom stereocenters. The fraction of sp³-hybridized carbons (Fsp3) is 0.875. The maximum Gasteiger partial charge on any atom is 0.180 e. The standard InChI is InChI=1S/C8H15NO3/c1-2-5-11-8(7-10)12-6-3-4-9/h8,10H,2-3,5-7H2,1H3. The third-order valence-electron chi connectivity index (χ3n) is 1.17. The molecule has 0 aromatic rings. The average Bonchev–Trinajstić information content (AvgIpc) is 2.11. The smallest absolute Gasteiger partial charge is 0.180 e. The Balaban J connectivity index is 3.34. The summed E-state index contributed by atoms with van der Waals surface area (Å²) < 4.78 is 10.1. The van der Waals surface area contributed by atoms with Crippen LogP contribution in [0.15, 0.2) is 0 Å². The molecule has 70 valence electrons. The quantitative estimate of drug-likeness (QED) is 0.454. The van der Waals surface area contributed by atoms with Crippen LogP contribution in [0.2, 0.25) is 0 Å². The normalized spacial score (nSPS) is 12.4. The summed E-state index contributed by atoms with van der Waals surface area (Å²) in [6.45, 7) is 2.69. The topological polar surface area (TPSA) is 62.5 Å². The van der Waals surface area contributed by atoms with Crippen LogP contribution in [0.25, 0.3) is 0 Å². The van der Waals surface area contributed by atoms with Crippen LogP contribution in [0.4, 0.5) is 0 Å². The molecule has 0 aromatic heterocycles. The number of hydrogen-bond donors (Lipinski definition) is 1. The molecule has 0 aliphatic heterocycles. The molecule has 1 N–H and O–H groups in total. The molecule has 1 unspecified atom stereocenters. The SMILES string of the molecule is CCCOC(CO)OCCC#N. The van der Waals surface area contributed by atoms with E-state index in [1.165, 1.54) is 0 Å². The van der Waals surface area contributed by atoms with Crippen molar-refractivity contribution in [3.05, 3.63) is 0 Å². The molecule has 0 radical (unpaired) electrons. The zero-order valence-electron chi connectivity index (χ0n) is 7.32. The van der Waals surface area contributed by atoms with Gasteiger partial charge in [-0.3, -0.25) is 0 Å². The highest BCUT2D eigenvalue weighted by molar-refractivity contribution is 4.67. The van der Waals surface area contributed by atoms with Crippen molar-refractivity contribution in [3.8, 4) is 6.07 Å². The lowest BCUT2D eigenvalue weighted by molar-refractivity contribution is -0.161. The summed E-state index contributed by atoms with van der Waals surface area (Å²) in [5.41, 5.74) is 0. The number of rotatable bonds is 7. The fourth-order valence-corrected chi connectivity index (χ4v) is 0.639. The highest BCUT2D eigenvalue weighted by Gasteiger charge is 2.05. The van der Waals surface area contributed by atoms with Gasteiger partial charge in [-0.2, -0.15) is 5.26 Å². The molecule has 0 aromatic carbocycles. The lowest BCUT2D eigenvalue weighted by Gasteiger charge is -2.14. The molecule has 4 nitrogen and oxygen atoms in total. The Hall–Kier alpha value is -0.630. The second-order valence-electron chi connectivity index (χ2n) is 2.26. The molecule has 0 bridgehead atoms. The third kappa shape index (κ3) is 6.10. The van der Waals surface area contributed by atoms with Crippen LogP contribution in [0, 0.1) is 11.3 Å². The van der Waals surface area contributed by atoms with Gasteiger partial charge in [0.2, 0.25) is 0 Å². The second-order valence-corrected chi connectivity index (χ2v) is 2.26. The van der Waals surface area contributed by atoms with E-state index in [1.807, 2.05) is 13.0 Å². The summed E-state index contributed by atoms with van der Waals surface area (Å²) >= 11 is 0. The molecule has 0 aliphatic carbocycles. The minimum absolute atomic E-state index is 0.161. The van der Waals surface area contributed by atoms with E-state index < -0.39 is 6.29 Å². The Morgan fingerprint density at radius 2 is 2.08 bits per heavy atom. The van der Waals surface area contributed by atoms with Gasteiger partial charge in [0.25, 0.3) is 0 Å². The van der Waals surface area contributed by atoms with Crippen molar-refractivity contribution in [2.24, 2.45) is 0 Å². The molecule has 0 saturated heterocycles. The van der Waals surface area contributed by atoms with E-state index in [4.69, 9.17) is 19.8 Å². The van der Waals surface area contributed by atoms with Gasteiger partial charge in [-0.05, 0) is 6.42 Å². The van der Waals surface area contributed by atoms with E-state index in [-0.39, 0.29) is 6.61 Å². The summed E-state index contributed by atoms with van der Waals surface area (Å²) in [5, 5.41) is 16.9. The number of aliphatic hydroxyl groups is 1. The molecule has 4 heteroatoms. The van der Waals surface area contributed by atoms with Crippen LogP contribution in [-0.2, 0) is 9.47 Å². The van der Waals surface area contributed by atoms with Crippen molar-refractivity contribution < 1.29 is 14.6 Å². The van der Waals surface area contributed by atoms with Crippen LogP contribution in [0.3, 0.4) is 0 Å². The Morgan fingerprint density at radius 1 is 1.42 bits per heavy atom. The molecular weight excluding hydrogens is 158 g/mol. The summed E-state index contributed by atoms with van der Waals surface area (Å²) in [6, 6.07) is 1.94. The first-order valence-electron chi connectivity index (χ1n) is 4.06. The number of ether oxygens (including phenoxy) is 2. The lowest BCUT2D eigenvalue weighted by atomic mass is 10.5. The van der Waals surface area contributed by atoms with Crippen molar-refractivity contribution >= 4 is 0 Å². The number of aliphatic hydroxyl groups excluding tert-OH is 1. The van der Waals surface area contributed by atoms with Gasteiger partial charge in [0.15, 0.2) is 6.29 Å². The van der Waals surface area contributed by atoms with E-state index in [0.29, 0.717) is 19.6 Å². The van der Waals surface area contributed by atoms with Crippen molar-refractivity contribution in [2.75, 3.05) is 19.8 Å². The number of hydrogen-bond acceptors (Lipinski definition) is 4. The van der Waals surface area contributed by atoms with Gasteiger partial charge in [0, 0.05) is 6.61 Å². The molecule has 12 heavy (non-hydrogen) atoms. The van der Waals surface area contributed by atoms with Crippen molar-refractivity contribution in [1.82, 2.24) is 0 Å². The second kappa shape index (κ2) is 8.47. The fourth-order valence-electron chi connectivity index (χ4n) is 0.639. The minimum atomic E-state index is -0.571. The van der Waals surface area contributed by atoms with Crippen LogP contribution in [0.1, 0.15) is 19.8 Å².